The molecule has 3 aromatic rings. The van der Waals surface area contributed by atoms with Crippen LogP contribution in [0.1, 0.15) is 31.7 Å². The third-order valence-electron chi connectivity index (χ3n) is 4.57. The van der Waals surface area contributed by atoms with E-state index < -0.39 is 0 Å². The van der Waals surface area contributed by atoms with Gasteiger partial charge < -0.3 is 9.84 Å². The minimum atomic E-state index is -0.214. The molecule has 0 bridgehead atoms. The fourth-order valence-electron chi connectivity index (χ4n) is 3.04. The van der Waals surface area contributed by atoms with E-state index in [-0.39, 0.29) is 6.10 Å². The highest BCUT2D eigenvalue weighted by Crippen LogP contribution is 2.25. The summed E-state index contributed by atoms with van der Waals surface area (Å²) in [5.74, 6) is 0.825. The fraction of sp³-hybridized carbons (Fsp3) is 0.240. The van der Waals surface area contributed by atoms with Crippen LogP contribution in [0, 0.1) is 0 Å². The van der Waals surface area contributed by atoms with Crippen molar-refractivity contribution < 1.29 is 9.84 Å². The van der Waals surface area contributed by atoms with Crippen molar-refractivity contribution in [2.75, 3.05) is 6.61 Å². The Balaban J connectivity index is 1.68. The second kappa shape index (κ2) is 9.86. The monoisotopic (exact) mass is 373 g/mol. The zero-order valence-electron chi connectivity index (χ0n) is 16.3. The Bertz CT molecular complexity index is 942. The predicted molar refractivity (Wildman–Crippen MR) is 117 cm³/mol. The standard InChI is InChI=1S/C25H27NO2/c1-3-15-28-24-14-13-22-17-25(26-18-23(22)16-24)21-11-9-20(10-12-21)8-6-4-5-7-19(2)27/h3,6,8-14,16-19,27H,1,4-5,7,15H2,2H3. The smallest absolute Gasteiger partial charge is 0.120 e. The van der Waals surface area contributed by atoms with Crippen molar-refractivity contribution in [3.63, 3.8) is 0 Å². The van der Waals surface area contributed by atoms with E-state index in [1.54, 1.807) is 6.08 Å². The van der Waals surface area contributed by atoms with Crippen LogP contribution in [0.2, 0.25) is 0 Å². The number of nitrogens with zero attached hydrogens (tertiary/aromatic N) is 1. The molecule has 1 atom stereocenters. The van der Waals surface area contributed by atoms with Gasteiger partial charge in [-0.2, -0.15) is 0 Å². The van der Waals surface area contributed by atoms with Gasteiger partial charge in [0.25, 0.3) is 0 Å². The summed E-state index contributed by atoms with van der Waals surface area (Å²) >= 11 is 0. The number of allylic oxidation sites excluding steroid dienone is 1. The third-order valence-corrected chi connectivity index (χ3v) is 4.57. The lowest BCUT2D eigenvalue weighted by atomic mass is 10.0. The normalized spacial score (nSPS) is 12.4. The predicted octanol–water partition coefficient (Wildman–Crippen LogP) is 6.03. The average Bonchev–Trinajstić information content (AvgIpc) is 2.71. The molecular weight excluding hydrogens is 346 g/mol. The number of benzene rings is 2. The number of aliphatic hydroxyl groups is 1. The quantitative estimate of drug-likeness (QED) is 0.368. The van der Waals surface area contributed by atoms with Crippen LogP contribution in [0.15, 0.2) is 73.5 Å². The van der Waals surface area contributed by atoms with Crippen molar-refractivity contribution in [3.05, 3.63) is 79.0 Å². The zero-order valence-corrected chi connectivity index (χ0v) is 16.3. The largest absolute Gasteiger partial charge is 0.490 e. The molecule has 1 unspecified atom stereocenters. The van der Waals surface area contributed by atoms with Gasteiger partial charge in [0.05, 0.1) is 11.8 Å². The van der Waals surface area contributed by atoms with Crippen molar-refractivity contribution in [2.24, 2.45) is 0 Å². The molecule has 1 heterocycles. The molecule has 0 aliphatic rings. The highest BCUT2D eigenvalue weighted by atomic mass is 16.5. The Morgan fingerprint density at radius 2 is 1.93 bits per heavy atom. The molecule has 0 aliphatic heterocycles. The lowest BCUT2D eigenvalue weighted by Crippen LogP contribution is -1.97. The second-order valence-electron chi connectivity index (χ2n) is 6.98. The van der Waals surface area contributed by atoms with E-state index in [9.17, 15) is 5.11 Å². The Morgan fingerprint density at radius 1 is 1.11 bits per heavy atom. The zero-order chi connectivity index (χ0) is 19.8. The van der Waals surface area contributed by atoms with E-state index in [0.29, 0.717) is 6.61 Å². The van der Waals surface area contributed by atoms with Crippen LogP contribution in [0.3, 0.4) is 0 Å². The molecule has 1 N–H and O–H groups in total. The van der Waals surface area contributed by atoms with Crippen LogP contribution >= 0.6 is 0 Å². The number of unbranched alkanes of at least 4 members (excludes halogenated alkanes) is 1. The SMILES string of the molecule is C=CCOc1ccc2cc(-c3ccc(C=CCCCC(C)O)cc3)ncc2c1. The molecule has 0 saturated carbocycles. The second-order valence-corrected chi connectivity index (χ2v) is 6.98. The molecule has 2 aromatic carbocycles. The maximum atomic E-state index is 9.28. The lowest BCUT2D eigenvalue weighted by Gasteiger charge is -2.07. The fourth-order valence-corrected chi connectivity index (χ4v) is 3.04. The first-order valence-corrected chi connectivity index (χ1v) is 9.74. The summed E-state index contributed by atoms with van der Waals surface area (Å²) in [5.41, 5.74) is 3.23. The van der Waals surface area contributed by atoms with Crippen molar-refractivity contribution in [3.8, 4) is 17.0 Å². The summed E-state index contributed by atoms with van der Waals surface area (Å²) in [4.78, 5) is 4.61. The number of hydrogen-bond acceptors (Lipinski definition) is 3. The number of ether oxygens (including phenoxy) is 1. The summed E-state index contributed by atoms with van der Waals surface area (Å²) in [6, 6.07) is 16.6. The minimum absolute atomic E-state index is 0.214. The number of hydrogen-bond donors (Lipinski definition) is 1. The summed E-state index contributed by atoms with van der Waals surface area (Å²) in [7, 11) is 0. The van der Waals surface area contributed by atoms with E-state index >= 15 is 0 Å². The van der Waals surface area contributed by atoms with Crippen LogP contribution in [0.25, 0.3) is 28.1 Å². The summed E-state index contributed by atoms with van der Waals surface area (Å²) in [6.45, 7) is 6.00. The molecule has 0 aliphatic carbocycles. The highest BCUT2D eigenvalue weighted by Gasteiger charge is 2.03. The van der Waals surface area contributed by atoms with Crippen molar-refractivity contribution >= 4 is 16.8 Å². The van der Waals surface area contributed by atoms with Gasteiger partial charge in [0.2, 0.25) is 0 Å². The molecule has 0 spiro atoms. The first kappa shape index (κ1) is 19.8. The van der Waals surface area contributed by atoms with Gasteiger partial charge in [-0.05, 0) is 55.3 Å². The molecule has 0 saturated heterocycles. The Labute approximate surface area is 167 Å². The lowest BCUT2D eigenvalue weighted by molar-refractivity contribution is 0.182. The van der Waals surface area contributed by atoms with Crippen LogP contribution in [0.4, 0.5) is 0 Å². The van der Waals surface area contributed by atoms with Gasteiger partial charge >= 0.3 is 0 Å². The first-order chi connectivity index (χ1) is 13.7. The minimum Gasteiger partial charge on any atom is -0.490 e. The maximum absolute atomic E-state index is 9.28. The van der Waals surface area contributed by atoms with Gasteiger partial charge in [-0.3, -0.25) is 4.98 Å². The summed E-state index contributed by atoms with van der Waals surface area (Å²) < 4.78 is 5.59. The van der Waals surface area contributed by atoms with E-state index in [1.165, 1.54) is 5.56 Å². The number of fused-ring (bicyclic) bond motifs is 1. The highest BCUT2D eigenvalue weighted by molar-refractivity contribution is 5.86. The van der Waals surface area contributed by atoms with Crippen LogP contribution in [-0.4, -0.2) is 22.8 Å². The molecular formula is C25H27NO2. The first-order valence-electron chi connectivity index (χ1n) is 9.74. The van der Waals surface area contributed by atoms with Gasteiger partial charge in [-0.1, -0.05) is 55.1 Å². The third kappa shape index (κ3) is 5.54. The molecule has 3 heteroatoms. The van der Waals surface area contributed by atoms with Gasteiger partial charge in [0.1, 0.15) is 12.4 Å². The van der Waals surface area contributed by atoms with Crippen LogP contribution in [0.5, 0.6) is 5.75 Å². The Morgan fingerprint density at radius 3 is 2.68 bits per heavy atom. The van der Waals surface area contributed by atoms with Gasteiger partial charge in [0.15, 0.2) is 0 Å². The Hall–Kier alpha value is -2.91. The molecule has 3 rings (SSSR count). The van der Waals surface area contributed by atoms with Gasteiger partial charge in [-0.25, -0.2) is 0 Å². The van der Waals surface area contributed by atoms with Gasteiger partial charge in [0, 0.05) is 17.1 Å². The van der Waals surface area contributed by atoms with Crippen LogP contribution < -0.4 is 4.74 Å². The Kier molecular flexibility index (Phi) is 6.99. The number of aromatic nitrogens is 1. The van der Waals surface area contributed by atoms with E-state index in [0.717, 1.165) is 47.0 Å². The number of rotatable bonds is 9. The topological polar surface area (TPSA) is 42.4 Å². The molecule has 28 heavy (non-hydrogen) atoms. The molecule has 0 fully saturated rings. The van der Waals surface area contributed by atoms with Crippen molar-refractivity contribution in [1.29, 1.82) is 0 Å². The van der Waals surface area contributed by atoms with Crippen LogP contribution in [-0.2, 0) is 0 Å². The van der Waals surface area contributed by atoms with Gasteiger partial charge in [-0.15, -0.1) is 0 Å². The molecule has 1 aromatic heterocycles. The van der Waals surface area contributed by atoms with E-state index in [1.807, 2.05) is 25.3 Å². The molecule has 3 nitrogen and oxygen atoms in total. The molecule has 0 radical (unpaired) electrons. The maximum Gasteiger partial charge on any atom is 0.120 e. The summed E-state index contributed by atoms with van der Waals surface area (Å²) in [5, 5.41) is 11.5. The van der Waals surface area contributed by atoms with E-state index in [4.69, 9.17) is 4.74 Å². The summed E-state index contributed by atoms with van der Waals surface area (Å²) in [6.07, 6.45) is 10.5. The number of aliphatic hydroxyl groups excluding tert-OH is 1. The van der Waals surface area contributed by atoms with Crippen molar-refractivity contribution in [2.45, 2.75) is 32.3 Å². The van der Waals surface area contributed by atoms with Crippen molar-refractivity contribution in [1.82, 2.24) is 4.98 Å². The van der Waals surface area contributed by atoms with E-state index in [2.05, 4.69) is 60.1 Å². The number of pyridine rings is 1. The molecule has 0 amide bonds. The molecule has 144 valence electrons. The average molecular weight is 373 g/mol.